The average molecular weight is 285 g/mol. The highest BCUT2D eigenvalue weighted by Crippen LogP contribution is 2.10. The summed E-state index contributed by atoms with van der Waals surface area (Å²) in [6.45, 7) is 4.26. The smallest absolute Gasteiger partial charge is 0.239 e. The molecule has 0 aliphatic rings. The molecule has 1 aromatic carbocycles. The molecule has 1 amide bonds. The molecule has 0 aromatic heterocycles. The summed E-state index contributed by atoms with van der Waals surface area (Å²) in [5, 5.41) is 5.86. The van der Waals surface area contributed by atoms with Crippen molar-refractivity contribution in [3.05, 3.63) is 34.3 Å². The zero-order valence-electron chi connectivity index (χ0n) is 9.80. The van der Waals surface area contributed by atoms with E-state index in [0.29, 0.717) is 6.54 Å². The number of benzene rings is 1. The highest BCUT2D eigenvalue weighted by molar-refractivity contribution is 9.10. The van der Waals surface area contributed by atoms with Crippen molar-refractivity contribution < 1.29 is 4.79 Å². The van der Waals surface area contributed by atoms with Gasteiger partial charge in [0.2, 0.25) is 5.91 Å². The first-order valence-electron chi connectivity index (χ1n) is 5.17. The predicted molar refractivity (Wildman–Crippen MR) is 69.1 cm³/mol. The third-order valence-electron chi connectivity index (χ3n) is 2.56. The van der Waals surface area contributed by atoms with Gasteiger partial charge in [0, 0.05) is 11.0 Å². The maximum Gasteiger partial charge on any atom is 0.239 e. The van der Waals surface area contributed by atoms with Gasteiger partial charge in [-0.25, -0.2) is 0 Å². The van der Waals surface area contributed by atoms with Crippen molar-refractivity contribution in [2.75, 3.05) is 7.05 Å². The summed E-state index contributed by atoms with van der Waals surface area (Å²) < 4.78 is 1.04. The second-order valence-electron chi connectivity index (χ2n) is 4.18. The first-order valence-corrected chi connectivity index (χ1v) is 5.96. The molecule has 0 unspecified atom stereocenters. The van der Waals surface area contributed by atoms with Crippen molar-refractivity contribution in [1.29, 1.82) is 0 Å². The largest absolute Gasteiger partial charge is 0.350 e. The first kappa shape index (κ1) is 13.2. The maximum atomic E-state index is 11.8. The van der Waals surface area contributed by atoms with Gasteiger partial charge in [-0.15, -0.1) is 0 Å². The molecule has 0 spiro atoms. The van der Waals surface area contributed by atoms with Gasteiger partial charge in [-0.1, -0.05) is 28.1 Å². The van der Waals surface area contributed by atoms with Crippen LogP contribution < -0.4 is 10.6 Å². The fourth-order valence-corrected chi connectivity index (χ4v) is 1.38. The van der Waals surface area contributed by atoms with E-state index in [-0.39, 0.29) is 5.91 Å². The highest BCUT2D eigenvalue weighted by atomic mass is 79.9. The Labute approximate surface area is 105 Å². The van der Waals surface area contributed by atoms with E-state index in [4.69, 9.17) is 0 Å². The Hall–Kier alpha value is -0.870. The molecule has 1 rings (SSSR count). The van der Waals surface area contributed by atoms with Crippen LogP contribution in [0.5, 0.6) is 0 Å². The van der Waals surface area contributed by atoms with E-state index >= 15 is 0 Å². The van der Waals surface area contributed by atoms with E-state index < -0.39 is 5.54 Å². The number of nitrogens with one attached hydrogen (secondary N) is 2. The Balaban J connectivity index is 2.52. The molecule has 1 aromatic rings. The zero-order chi connectivity index (χ0) is 12.2. The third kappa shape index (κ3) is 3.61. The lowest BCUT2D eigenvalue weighted by Gasteiger charge is -2.22. The number of hydrogen-bond donors (Lipinski definition) is 2. The van der Waals surface area contributed by atoms with Gasteiger partial charge in [0.1, 0.15) is 0 Å². The van der Waals surface area contributed by atoms with Crippen LogP contribution >= 0.6 is 15.9 Å². The lowest BCUT2D eigenvalue weighted by atomic mass is 10.1. The van der Waals surface area contributed by atoms with Gasteiger partial charge in [0.15, 0.2) is 0 Å². The summed E-state index contributed by atoms with van der Waals surface area (Å²) >= 11 is 3.37. The molecule has 0 fully saturated rings. The summed E-state index contributed by atoms with van der Waals surface area (Å²) in [6.07, 6.45) is 0. The molecule has 0 bridgehead atoms. The molecule has 0 saturated heterocycles. The second kappa shape index (κ2) is 5.46. The van der Waals surface area contributed by atoms with E-state index in [1.807, 2.05) is 38.1 Å². The standard InChI is InChI=1S/C12H17BrN2O/c1-12(2,14-3)11(16)15-8-9-4-6-10(13)7-5-9/h4-7,14H,8H2,1-3H3,(H,15,16). The highest BCUT2D eigenvalue weighted by Gasteiger charge is 2.24. The van der Waals surface area contributed by atoms with Crippen LogP contribution in [0.25, 0.3) is 0 Å². The summed E-state index contributed by atoms with van der Waals surface area (Å²) in [6, 6.07) is 7.89. The number of amides is 1. The fraction of sp³-hybridized carbons (Fsp3) is 0.417. The molecule has 0 saturated carbocycles. The van der Waals surface area contributed by atoms with Gasteiger partial charge in [-0.2, -0.15) is 0 Å². The number of likely N-dealkylation sites (N-methyl/N-ethyl adjacent to an activating group) is 1. The molecule has 0 aliphatic carbocycles. The molecule has 0 atom stereocenters. The monoisotopic (exact) mass is 284 g/mol. The maximum absolute atomic E-state index is 11.8. The van der Waals surface area contributed by atoms with E-state index in [0.717, 1.165) is 10.0 Å². The van der Waals surface area contributed by atoms with Crippen LogP contribution in [0.2, 0.25) is 0 Å². The lowest BCUT2D eigenvalue weighted by Crippen LogP contribution is -2.50. The molecule has 4 heteroatoms. The van der Waals surface area contributed by atoms with E-state index in [1.165, 1.54) is 0 Å². The molecular formula is C12H17BrN2O. The molecule has 2 N–H and O–H groups in total. The van der Waals surface area contributed by atoms with Crippen LogP contribution in [0, 0.1) is 0 Å². The van der Waals surface area contributed by atoms with Gasteiger partial charge in [-0.05, 0) is 38.6 Å². The van der Waals surface area contributed by atoms with E-state index in [2.05, 4.69) is 26.6 Å². The van der Waals surface area contributed by atoms with Crippen molar-refractivity contribution in [2.45, 2.75) is 25.9 Å². The lowest BCUT2D eigenvalue weighted by molar-refractivity contribution is -0.126. The van der Waals surface area contributed by atoms with Crippen LogP contribution in [0.3, 0.4) is 0 Å². The minimum Gasteiger partial charge on any atom is -0.350 e. The van der Waals surface area contributed by atoms with Gasteiger partial charge in [0.05, 0.1) is 5.54 Å². The van der Waals surface area contributed by atoms with Crippen LogP contribution in [0.4, 0.5) is 0 Å². The average Bonchev–Trinajstić information content (AvgIpc) is 2.28. The number of rotatable bonds is 4. The Bertz CT molecular complexity index is 360. The normalized spacial score (nSPS) is 11.2. The third-order valence-corrected chi connectivity index (χ3v) is 3.09. The molecular weight excluding hydrogens is 268 g/mol. The van der Waals surface area contributed by atoms with Crippen molar-refractivity contribution in [1.82, 2.24) is 10.6 Å². The summed E-state index contributed by atoms with van der Waals surface area (Å²) in [5.74, 6) is -0.00193. The fourth-order valence-electron chi connectivity index (χ4n) is 1.12. The summed E-state index contributed by atoms with van der Waals surface area (Å²) in [7, 11) is 1.78. The Kier molecular flexibility index (Phi) is 4.50. The first-order chi connectivity index (χ1) is 7.45. The van der Waals surface area contributed by atoms with Gasteiger partial charge >= 0.3 is 0 Å². The zero-order valence-corrected chi connectivity index (χ0v) is 11.4. The quantitative estimate of drug-likeness (QED) is 0.889. The van der Waals surface area contributed by atoms with Crippen LogP contribution in [-0.4, -0.2) is 18.5 Å². The second-order valence-corrected chi connectivity index (χ2v) is 5.10. The van der Waals surface area contributed by atoms with Gasteiger partial charge in [0.25, 0.3) is 0 Å². The van der Waals surface area contributed by atoms with Crippen LogP contribution in [-0.2, 0) is 11.3 Å². The molecule has 3 nitrogen and oxygen atoms in total. The van der Waals surface area contributed by atoms with Crippen LogP contribution in [0.1, 0.15) is 19.4 Å². The Morgan fingerprint density at radius 3 is 2.38 bits per heavy atom. The van der Waals surface area contributed by atoms with Crippen molar-refractivity contribution in [2.24, 2.45) is 0 Å². The topological polar surface area (TPSA) is 41.1 Å². The summed E-state index contributed by atoms with van der Waals surface area (Å²) in [5.41, 5.74) is 0.554. The van der Waals surface area contributed by atoms with E-state index in [1.54, 1.807) is 7.05 Å². The van der Waals surface area contributed by atoms with Gasteiger partial charge < -0.3 is 10.6 Å². The van der Waals surface area contributed by atoms with Crippen LogP contribution in [0.15, 0.2) is 28.7 Å². The van der Waals surface area contributed by atoms with Crippen molar-refractivity contribution >= 4 is 21.8 Å². The Morgan fingerprint density at radius 2 is 1.88 bits per heavy atom. The minimum absolute atomic E-state index is 0.00193. The van der Waals surface area contributed by atoms with E-state index in [9.17, 15) is 4.79 Å². The minimum atomic E-state index is -0.532. The number of halogens is 1. The molecule has 0 radical (unpaired) electrons. The number of hydrogen-bond acceptors (Lipinski definition) is 2. The SMILES string of the molecule is CNC(C)(C)C(=O)NCc1ccc(Br)cc1. The number of carbonyl (C=O) groups excluding carboxylic acids is 1. The Morgan fingerprint density at radius 1 is 1.31 bits per heavy atom. The van der Waals surface area contributed by atoms with Crippen molar-refractivity contribution in [3.8, 4) is 0 Å². The molecule has 0 heterocycles. The number of carbonyl (C=O) groups is 1. The predicted octanol–water partition coefficient (Wildman–Crippen LogP) is 2.06. The molecule has 88 valence electrons. The van der Waals surface area contributed by atoms with Gasteiger partial charge in [-0.3, -0.25) is 4.79 Å². The van der Waals surface area contributed by atoms with Crippen molar-refractivity contribution in [3.63, 3.8) is 0 Å². The molecule has 0 aliphatic heterocycles. The summed E-state index contributed by atoms with van der Waals surface area (Å²) in [4.78, 5) is 11.8. The molecule has 16 heavy (non-hydrogen) atoms.